The summed E-state index contributed by atoms with van der Waals surface area (Å²) in [4.78, 5) is 13.4. The quantitative estimate of drug-likeness (QED) is 0.826. The average molecular weight is 311 g/mol. The van der Waals surface area contributed by atoms with Crippen molar-refractivity contribution < 1.29 is 4.79 Å². The third-order valence-corrected chi connectivity index (χ3v) is 3.88. The maximum Gasteiger partial charge on any atom is 0.246 e. The molecule has 4 nitrogen and oxygen atoms in total. The number of para-hydroxylation sites is 1. The molecule has 112 valence electrons. The Kier molecular flexibility index (Phi) is 5.45. The van der Waals surface area contributed by atoms with Crippen LogP contribution in [0.15, 0.2) is 53.4 Å². The van der Waals surface area contributed by atoms with Gasteiger partial charge in [-0.15, -0.1) is 11.8 Å². The zero-order chi connectivity index (χ0) is 15.9. The number of thioether (sulfide) groups is 1. The van der Waals surface area contributed by atoms with E-state index in [4.69, 9.17) is 5.26 Å². The van der Waals surface area contributed by atoms with E-state index in [0.717, 1.165) is 10.6 Å². The summed E-state index contributed by atoms with van der Waals surface area (Å²) in [6, 6.07) is 16.5. The largest absolute Gasteiger partial charge is 0.374 e. The lowest BCUT2D eigenvalue weighted by molar-refractivity contribution is -0.116. The molecule has 1 amide bonds. The number of carbonyl (C=O) groups is 1. The van der Waals surface area contributed by atoms with Gasteiger partial charge in [0, 0.05) is 10.6 Å². The maximum atomic E-state index is 12.3. The topological polar surface area (TPSA) is 64.9 Å². The summed E-state index contributed by atoms with van der Waals surface area (Å²) in [6.45, 7) is 1.79. The molecule has 22 heavy (non-hydrogen) atoms. The molecule has 0 saturated heterocycles. The summed E-state index contributed by atoms with van der Waals surface area (Å²) in [6.07, 6.45) is 2.01. The molecule has 0 fully saturated rings. The Balaban J connectivity index is 2.04. The Bertz CT molecular complexity index is 709. The number of benzene rings is 2. The highest BCUT2D eigenvalue weighted by atomic mass is 32.2. The first-order valence-electron chi connectivity index (χ1n) is 6.84. The van der Waals surface area contributed by atoms with E-state index in [0.29, 0.717) is 11.3 Å². The molecule has 0 aliphatic carbocycles. The predicted molar refractivity (Wildman–Crippen MR) is 91.1 cm³/mol. The zero-order valence-corrected chi connectivity index (χ0v) is 13.3. The van der Waals surface area contributed by atoms with Gasteiger partial charge in [-0.1, -0.05) is 18.2 Å². The Hall–Kier alpha value is -2.45. The highest BCUT2D eigenvalue weighted by molar-refractivity contribution is 7.98. The van der Waals surface area contributed by atoms with E-state index >= 15 is 0 Å². The van der Waals surface area contributed by atoms with E-state index in [1.54, 1.807) is 43.0 Å². The molecule has 2 aromatic carbocycles. The molecule has 2 N–H and O–H groups in total. The number of nitriles is 1. The van der Waals surface area contributed by atoms with Crippen LogP contribution >= 0.6 is 11.8 Å². The van der Waals surface area contributed by atoms with Gasteiger partial charge in [0.15, 0.2) is 0 Å². The SMILES string of the molecule is CSc1cccc(N[C@H](C)C(=O)Nc2ccccc2C#N)c1. The number of anilines is 2. The molecule has 2 aromatic rings. The van der Waals surface area contributed by atoms with Crippen LogP contribution < -0.4 is 10.6 Å². The number of rotatable bonds is 5. The smallest absolute Gasteiger partial charge is 0.246 e. The van der Waals surface area contributed by atoms with Crippen molar-refractivity contribution >= 4 is 29.0 Å². The molecule has 0 aliphatic rings. The third-order valence-electron chi connectivity index (χ3n) is 3.15. The molecule has 0 saturated carbocycles. The molecule has 0 unspecified atom stereocenters. The molecule has 0 radical (unpaired) electrons. The van der Waals surface area contributed by atoms with Crippen molar-refractivity contribution in [2.45, 2.75) is 17.9 Å². The van der Waals surface area contributed by atoms with Crippen LogP contribution in [0.4, 0.5) is 11.4 Å². The van der Waals surface area contributed by atoms with Gasteiger partial charge in [-0.25, -0.2) is 0 Å². The molecular formula is C17H17N3OS. The lowest BCUT2D eigenvalue weighted by Crippen LogP contribution is -2.32. The number of hydrogen-bond donors (Lipinski definition) is 2. The van der Waals surface area contributed by atoms with E-state index in [-0.39, 0.29) is 5.91 Å². The van der Waals surface area contributed by atoms with E-state index in [1.165, 1.54) is 0 Å². The van der Waals surface area contributed by atoms with Crippen molar-refractivity contribution in [3.63, 3.8) is 0 Å². The van der Waals surface area contributed by atoms with Crippen LogP contribution in [0.5, 0.6) is 0 Å². The number of carbonyl (C=O) groups excluding carboxylic acids is 1. The second-order valence-corrected chi connectivity index (χ2v) is 5.62. The Morgan fingerprint density at radius 1 is 1.23 bits per heavy atom. The number of hydrogen-bond acceptors (Lipinski definition) is 4. The molecule has 0 aliphatic heterocycles. The van der Waals surface area contributed by atoms with Crippen LogP contribution in [0.25, 0.3) is 0 Å². The minimum absolute atomic E-state index is 0.183. The summed E-state index contributed by atoms with van der Waals surface area (Å²) in [5.74, 6) is -0.183. The molecule has 0 aromatic heterocycles. The molecule has 0 bridgehead atoms. The van der Waals surface area contributed by atoms with Crippen molar-refractivity contribution in [1.82, 2.24) is 0 Å². The highest BCUT2D eigenvalue weighted by Gasteiger charge is 2.14. The van der Waals surface area contributed by atoms with Gasteiger partial charge in [-0.3, -0.25) is 4.79 Å². The zero-order valence-electron chi connectivity index (χ0n) is 12.5. The highest BCUT2D eigenvalue weighted by Crippen LogP contribution is 2.20. The second-order valence-electron chi connectivity index (χ2n) is 4.74. The van der Waals surface area contributed by atoms with Crippen molar-refractivity contribution in [2.75, 3.05) is 16.9 Å². The summed E-state index contributed by atoms with van der Waals surface area (Å²) in [7, 11) is 0. The van der Waals surface area contributed by atoms with Crippen LogP contribution in [0.2, 0.25) is 0 Å². The minimum atomic E-state index is -0.413. The molecule has 0 heterocycles. The average Bonchev–Trinajstić information content (AvgIpc) is 2.55. The molecule has 5 heteroatoms. The van der Waals surface area contributed by atoms with Crippen LogP contribution in [0.3, 0.4) is 0 Å². The first-order chi connectivity index (χ1) is 10.6. The Morgan fingerprint density at radius 2 is 2.00 bits per heavy atom. The summed E-state index contributed by atoms with van der Waals surface area (Å²) < 4.78 is 0. The van der Waals surface area contributed by atoms with E-state index in [1.807, 2.05) is 30.5 Å². The number of nitrogens with zero attached hydrogens (tertiary/aromatic N) is 1. The van der Waals surface area contributed by atoms with Crippen LogP contribution in [0.1, 0.15) is 12.5 Å². The summed E-state index contributed by atoms with van der Waals surface area (Å²) in [5.41, 5.74) is 1.87. The van der Waals surface area contributed by atoms with Gasteiger partial charge < -0.3 is 10.6 Å². The van der Waals surface area contributed by atoms with Crippen molar-refractivity contribution in [3.05, 3.63) is 54.1 Å². The van der Waals surface area contributed by atoms with Crippen molar-refractivity contribution in [3.8, 4) is 6.07 Å². The van der Waals surface area contributed by atoms with E-state index in [2.05, 4.69) is 16.7 Å². The van der Waals surface area contributed by atoms with E-state index < -0.39 is 6.04 Å². The second kappa shape index (κ2) is 7.53. The standard InChI is InChI=1S/C17H17N3OS/c1-12(19-14-7-5-8-15(10-14)22-2)17(21)20-16-9-4-3-6-13(16)11-18/h3-10,12,19H,1-2H3,(H,20,21)/t12-/m1/s1. The molecule has 1 atom stereocenters. The van der Waals surface area contributed by atoms with Gasteiger partial charge in [0.2, 0.25) is 5.91 Å². The normalized spacial score (nSPS) is 11.3. The Morgan fingerprint density at radius 3 is 2.73 bits per heavy atom. The number of amides is 1. The first-order valence-corrected chi connectivity index (χ1v) is 8.07. The molecule has 2 rings (SSSR count). The lowest BCUT2D eigenvalue weighted by Gasteiger charge is -2.16. The van der Waals surface area contributed by atoms with Gasteiger partial charge in [0.05, 0.1) is 11.3 Å². The van der Waals surface area contributed by atoms with Crippen LogP contribution in [0, 0.1) is 11.3 Å². The van der Waals surface area contributed by atoms with Crippen LogP contribution in [-0.2, 0) is 4.79 Å². The van der Waals surface area contributed by atoms with Gasteiger partial charge in [-0.2, -0.15) is 5.26 Å². The predicted octanol–water partition coefficient (Wildman–Crippen LogP) is 3.72. The fraction of sp³-hybridized carbons (Fsp3) is 0.176. The minimum Gasteiger partial charge on any atom is -0.374 e. The van der Waals surface area contributed by atoms with E-state index in [9.17, 15) is 4.79 Å². The summed E-state index contributed by atoms with van der Waals surface area (Å²) in [5, 5.41) is 15.0. The lowest BCUT2D eigenvalue weighted by atomic mass is 10.2. The monoisotopic (exact) mass is 311 g/mol. The number of nitrogens with one attached hydrogen (secondary N) is 2. The molecule has 0 spiro atoms. The van der Waals surface area contributed by atoms with Crippen molar-refractivity contribution in [1.29, 1.82) is 5.26 Å². The van der Waals surface area contributed by atoms with Gasteiger partial charge in [0.25, 0.3) is 0 Å². The Labute approximate surface area is 134 Å². The van der Waals surface area contributed by atoms with Gasteiger partial charge in [0.1, 0.15) is 12.1 Å². The van der Waals surface area contributed by atoms with Crippen LogP contribution in [-0.4, -0.2) is 18.2 Å². The first kappa shape index (κ1) is 15.9. The molecular weight excluding hydrogens is 294 g/mol. The fourth-order valence-electron chi connectivity index (χ4n) is 1.96. The van der Waals surface area contributed by atoms with Crippen molar-refractivity contribution in [2.24, 2.45) is 0 Å². The van der Waals surface area contributed by atoms with Gasteiger partial charge in [-0.05, 0) is 43.5 Å². The fourth-order valence-corrected chi connectivity index (χ4v) is 2.42. The summed E-state index contributed by atoms with van der Waals surface area (Å²) >= 11 is 1.65. The maximum absolute atomic E-state index is 12.3. The third kappa shape index (κ3) is 4.03. The van der Waals surface area contributed by atoms with Gasteiger partial charge >= 0.3 is 0 Å².